The van der Waals surface area contributed by atoms with Crippen molar-refractivity contribution >= 4 is 17.6 Å². The van der Waals surface area contributed by atoms with Crippen LogP contribution in [0.15, 0.2) is 46.9 Å². The molecule has 0 saturated heterocycles. The minimum absolute atomic E-state index is 0.108. The molecule has 3 rings (SSSR count). The van der Waals surface area contributed by atoms with Crippen molar-refractivity contribution in [3.05, 3.63) is 59.0 Å². The van der Waals surface area contributed by atoms with Crippen molar-refractivity contribution in [2.45, 2.75) is 6.42 Å². The zero-order valence-electron chi connectivity index (χ0n) is 12.2. The third-order valence-corrected chi connectivity index (χ3v) is 3.55. The van der Waals surface area contributed by atoms with Gasteiger partial charge < -0.3 is 14.6 Å². The highest BCUT2D eigenvalue weighted by molar-refractivity contribution is 6.30. The number of carboxylic acids is 1. The van der Waals surface area contributed by atoms with Gasteiger partial charge in [-0.05, 0) is 42.5 Å². The van der Waals surface area contributed by atoms with E-state index >= 15 is 0 Å². The zero-order chi connectivity index (χ0) is 17.3. The van der Waals surface area contributed by atoms with Gasteiger partial charge in [0.05, 0.1) is 17.7 Å². The molecular formula is C17H11ClFNO4. The van der Waals surface area contributed by atoms with Crippen LogP contribution in [-0.2, 0) is 11.2 Å². The minimum atomic E-state index is -1.10. The Hall–Kier alpha value is -2.86. The first kappa shape index (κ1) is 16.0. The molecule has 5 nitrogen and oxygen atoms in total. The Balaban J connectivity index is 2.15. The Bertz CT molecular complexity index is 905. The summed E-state index contributed by atoms with van der Waals surface area (Å²) in [5.41, 5.74) is 0.856. The van der Waals surface area contributed by atoms with E-state index in [1.807, 2.05) is 0 Å². The van der Waals surface area contributed by atoms with Gasteiger partial charge in [-0.2, -0.15) is 0 Å². The van der Waals surface area contributed by atoms with E-state index in [-0.39, 0.29) is 28.7 Å². The van der Waals surface area contributed by atoms with Gasteiger partial charge in [-0.25, -0.2) is 9.37 Å². The molecule has 2 N–H and O–H groups in total. The number of aromatic nitrogens is 1. The molecule has 0 fully saturated rings. The van der Waals surface area contributed by atoms with E-state index in [0.29, 0.717) is 10.6 Å². The Morgan fingerprint density at radius 2 is 1.92 bits per heavy atom. The molecule has 0 radical (unpaired) electrons. The van der Waals surface area contributed by atoms with Gasteiger partial charge in [0.25, 0.3) is 0 Å². The lowest BCUT2D eigenvalue weighted by molar-refractivity contribution is -0.136. The summed E-state index contributed by atoms with van der Waals surface area (Å²) in [7, 11) is 0. The number of benzene rings is 2. The highest BCUT2D eigenvalue weighted by atomic mass is 35.5. The second kappa shape index (κ2) is 6.33. The van der Waals surface area contributed by atoms with Crippen molar-refractivity contribution in [3.8, 4) is 28.5 Å². The molecule has 0 spiro atoms. The fourth-order valence-electron chi connectivity index (χ4n) is 2.23. The minimum Gasteiger partial charge on any atom is -0.507 e. The van der Waals surface area contributed by atoms with Crippen molar-refractivity contribution < 1.29 is 23.8 Å². The van der Waals surface area contributed by atoms with Crippen LogP contribution in [0.4, 0.5) is 4.39 Å². The number of hydrogen-bond acceptors (Lipinski definition) is 4. The van der Waals surface area contributed by atoms with Gasteiger partial charge in [-0.15, -0.1) is 0 Å². The molecular weight excluding hydrogens is 337 g/mol. The summed E-state index contributed by atoms with van der Waals surface area (Å²) in [6.45, 7) is 0. The quantitative estimate of drug-likeness (QED) is 0.741. The smallest absolute Gasteiger partial charge is 0.309 e. The maximum Gasteiger partial charge on any atom is 0.309 e. The highest BCUT2D eigenvalue weighted by Crippen LogP contribution is 2.36. The SMILES string of the molecule is O=C(O)Cc1nc(-c2ccc(F)cc2)oc1-c1cc(Cl)ccc1O. The lowest BCUT2D eigenvalue weighted by Gasteiger charge is -2.03. The largest absolute Gasteiger partial charge is 0.507 e. The molecule has 1 aromatic heterocycles. The molecule has 0 aliphatic carbocycles. The van der Waals surface area contributed by atoms with Crippen molar-refractivity contribution in [2.75, 3.05) is 0 Å². The van der Waals surface area contributed by atoms with E-state index < -0.39 is 18.2 Å². The summed E-state index contributed by atoms with van der Waals surface area (Å²) in [4.78, 5) is 15.2. The molecule has 0 atom stereocenters. The van der Waals surface area contributed by atoms with Crippen LogP contribution in [-0.4, -0.2) is 21.2 Å². The average Bonchev–Trinajstić information content (AvgIpc) is 2.93. The Morgan fingerprint density at radius 3 is 2.58 bits per heavy atom. The molecule has 7 heteroatoms. The van der Waals surface area contributed by atoms with Gasteiger partial charge in [-0.3, -0.25) is 4.79 Å². The summed E-state index contributed by atoms with van der Waals surface area (Å²) < 4.78 is 18.7. The predicted octanol–water partition coefficient (Wildman–Crippen LogP) is 4.13. The van der Waals surface area contributed by atoms with Gasteiger partial charge in [0.1, 0.15) is 11.6 Å². The van der Waals surface area contributed by atoms with Gasteiger partial charge in [0, 0.05) is 10.6 Å². The number of nitrogens with zero attached hydrogens (tertiary/aromatic N) is 1. The molecule has 0 aliphatic rings. The average molecular weight is 348 g/mol. The summed E-state index contributed by atoms with van der Waals surface area (Å²) in [6.07, 6.45) is -0.397. The molecule has 0 bridgehead atoms. The third-order valence-electron chi connectivity index (χ3n) is 3.31. The van der Waals surface area contributed by atoms with Crippen LogP contribution in [0.25, 0.3) is 22.8 Å². The van der Waals surface area contributed by atoms with Crippen molar-refractivity contribution in [1.29, 1.82) is 0 Å². The molecule has 0 unspecified atom stereocenters. The number of oxazole rings is 1. The molecule has 3 aromatic rings. The van der Waals surface area contributed by atoms with Crippen LogP contribution >= 0.6 is 11.6 Å². The number of carbonyl (C=O) groups is 1. The fourth-order valence-corrected chi connectivity index (χ4v) is 2.40. The lowest BCUT2D eigenvalue weighted by Crippen LogP contribution is -2.01. The van der Waals surface area contributed by atoms with E-state index in [1.54, 1.807) is 0 Å². The van der Waals surface area contributed by atoms with Gasteiger partial charge >= 0.3 is 5.97 Å². The van der Waals surface area contributed by atoms with Crippen molar-refractivity contribution in [1.82, 2.24) is 4.98 Å². The first-order valence-corrected chi connectivity index (χ1v) is 7.28. The normalized spacial score (nSPS) is 10.8. The van der Waals surface area contributed by atoms with Crippen LogP contribution in [0.3, 0.4) is 0 Å². The standard InChI is InChI=1S/C17H11ClFNO4/c18-10-3-6-14(21)12(7-10)16-13(8-15(22)23)20-17(24-16)9-1-4-11(19)5-2-9/h1-7,21H,8H2,(H,22,23). The Kier molecular flexibility index (Phi) is 4.22. The summed E-state index contributed by atoms with van der Waals surface area (Å²) in [6, 6.07) is 9.74. The van der Waals surface area contributed by atoms with Crippen LogP contribution in [0.2, 0.25) is 5.02 Å². The first-order valence-electron chi connectivity index (χ1n) is 6.90. The van der Waals surface area contributed by atoms with Crippen LogP contribution in [0, 0.1) is 5.82 Å². The van der Waals surface area contributed by atoms with Gasteiger partial charge in [-0.1, -0.05) is 11.6 Å². The lowest BCUT2D eigenvalue weighted by atomic mass is 10.1. The molecule has 2 aromatic carbocycles. The number of phenols is 1. The predicted molar refractivity (Wildman–Crippen MR) is 85.3 cm³/mol. The number of aliphatic carboxylic acids is 1. The number of aromatic hydroxyl groups is 1. The van der Waals surface area contributed by atoms with E-state index in [9.17, 15) is 14.3 Å². The van der Waals surface area contributed by atoms with Gasteiger partial charge in [0.15, 0.2) is 5.76 Å². The topological polar surface area (TPSA) is 83.6 Å². The van der Waals surface area contributed by atoms with Crippen molar-refractivity contribution in [2.24, 2.45) is 0 Å². The highest BCUT2D eigenvalue weighted by Gasteiger charge is 2.21. The zero-order valence-corrected chi connectivity index (χ0v) is 12.9. The maximum atomic E-state index is 13.0. The summed E-state index contributed by atoms with van der Waals surface area (Å²) >= 11 is 5.93. The van der Waals surface area contributed by atoms with Gasteiger partial charge in [0.2, 0.25) is 5.89 Å². The molecule has 122 valence electrons. The second-order valence-corrected chi connectivity index (χ2v) is 5.47. The number of carboxylic acid groups (broad SMARTS) is 1. The van der Waals surface area contributed by atoms with E-state index in [0.717, 1.165) is 0 Å². The molecule has 0 saturated carbocycles. The fraction of sp³-hybridized carbons (Fsp3) is 0.0588. The number of rotatable bonds is 4. The summed E-state index contributed by atoms with van der Waals surface area (Å²) in [5, 5.41) is 19.4. The molecule has 0 amide bonds. The maximum absolute atomic E-state index is 13.0. The van der Waals surface area contributed by atoms with E-state index in [2.05, 4.69) is 4.98 Å². The van der Waals surface area contributed by atoms with Crippen LogP contribution < -0.4 is 0 Å². The van der Waals surface area contributed by atoms with Crippen molar-refractivity contribution in [3.63, 3.8) is 0 Å². The molecule has 1 heterocycles. The number of hydrogen-bond donors (Lipinski definition) is 2. The Morgan fingerprint density at radius 1 is 1.21 bits per heavy atom. The monoisotopic (exact) mass is 347 g/mol. The van der Waals surface area contributed by atoms with E-state index in [1.165, 1.54) is 42.5 Å². The number of halogens is 2. The second-order valence-electron chi connectivity index (χ2n) is 5.03. The number of phenolic OH excluding ortho intramolecular Hbond substituents is 1. The Labute approximate surface area is 141 Å². The van der Waals surface area contributed by atoms with Crippen LogP contribution in [0.5, 0.6) is 5.75 Å². The summed E-state index contributed by atoms with van der Waals surface area (Å²) in [5.74, 6) is -1.40. The van der Waals surface area contributed by atoms with Crippen LogP contribution in [0.1, 0.15) is 5.69 Å². The molecule has 24 heavy (non-hydrogen) atoms. The third kappa shape index (κ3) is 3.23. The first-order chi connectivity index (χ1) is 11.4. The molecule has 0 aliphatic heterocycles. The van der Waals surface area contributed by atoms with E-state index in [4.69, 9.17) is 21.1 Å².